The van der Waals surface area contributed by atoms with Crippen molar-refractivity contribution in [2.75, 3.05) is 17.7 Å². The summed E-state index contributed by atoms with van der Waals surface area (Å²) < 4.78 is 8.15. The number of rotatable bonds is 8. The number of aliphatic hydroxyl groups excluding tert-OH is 3. The van der Waals surface area contributed by atoms with Crippen molar-refractivity contribution in [3.63, 3.8) is 0 Å². The van der Waals surface area contributed by atoms with Crippen molar-refractivity contribution >= 4 is 40.1 Å². The van der Waals surface area contributed by atoms with Crippen LogP contribution in [0.25, 0.3) is 22.4 Å². The topological polar surface area (TPSA) is 138 Å². The van der Waals surface area contributed by atoms with Crippen molar-refractivity contribution in [1.29, 1.82) is 0 Å². The normalized spacial score (nSPS) is 23.4. The van der Waals surface area contributed by atoms with Crippen LogP contribution < -0.4 is 5.32 Å². The van der Waals surface area contributed by atoms with Crippen LogP contribution in [0.4, 0.5) is 5.82 Å². The Hall–Kier alpha value is -2.61. The lowest BCUT2D eigenvalue weighted by Gasteiger charge is -2.17. The van der Waals surface area contributed by atoms with Crippen molar-refractivity contribution < 1.29 is 20.1 Å². The third kappa shape index (κ3) is 4.52. The van der Waals surface area contributed by atoms with Crippen LogP contribution in [-0.4, -0.2) is 76.5 Å². The zero-order chi connectivity index (χ0) is 23.7. The molecule has 4 N–H and O–H groups in total. The zero-order valence-electron chi connectivity index (χ0n) is 18.2. The summed E-state index contributed by atoms with van der Waals surface area (Å²) >= 11 is 3.29. The zero-order valence-corrected chi connectivity index (χ0v) is 19.9. The molecule has 1 aliphatic rings. The second kappa shape index (κ2) is 9.94. The number of ether oxygens (including phenoxy) is 1. The quantitative estimate of drug-likeness (QED) is 0.266. The average molecular weight is 501 g/mol. The van der Waals surface area contributed by atoms with Crippen molar-refractivity contribution in [1.82, 2.24) is 24.5 Å². The van der Waals surface area contributed by atoms with Gasteiger partial charge in [-0.3, -0.25) is 4.57 Å². The number of imidazole rings is 1. The molecule has 4 aromatic rings. The van der Waals surface area contributed by atoms with Gasteiger partial charge < -0.3 is 25.4 Å². The molecule has 0 radical (unpaired) electrons. The van der Waals surface area contributed by atoms with E-state index in [1.165, 1.54) is 12.7 Å². The highest BCUT2D eigenvalue weighted by molar-refractivity contribution is 8.01. The Balaban J connectivity index is 1.26. The van der Waals surface area contributed by atoms with Crippen LogP contribution in [0, 0.1) is 0 Å². The van der Waals surface area contributed by atoms with Crippen LogP contribution in [0.1, 0.15) is 13.2 Å². The lowest BCUT2D eigenvalue weighted by molar-refractivity contribution is -0.0511. The summed E-state index contributed by atoms with van der Waals surface area (Å²) in [6, 6.07) is 10.2. The van der Waals surface area contributed by atoms with Crippen LogP contribution in [0.15, 0.2) is 52.7 Å². The predicted octanol–water partition coefficient (Wildman–Crippen LogP) is 2.15. The molecular formula is C22H24N6O4S2. The molecule has 0 aliphatic carbocycles. The molecule has 12 heteroatoms. The minimum Gasteiger partial charge on any atom is -0.394 e. The second-order valence-electron chi connectivity index (χ2n) is 8.00. The number of anilines is 1. The molecule has 34 heavy (non-hydrogen) atoms. The van der Waals surface area contributed by atoms with E-state index in [2.05, 4.69) is 32.6 Å². The highest BCUT2D eigenvalue weighted by atomic mass is 32.2. The van der Waals surface area contributed by atoms with Gasteiger partial charge >= 0.3 is 0 Å². The lowest BCUT2D eigenvalue weighted by atomic mass is 10.1. The number of hydrogen-bond acceptors (Lipinski definition) is 11. The molecule has 1 aromatic carbocycles. The molecule has 4 heterocycles. The van der Waals surface area contributed by atoms with Gasteiger partial charge in [0.15, 0.2) is 27.5 Å². The van der Waals surface area contributed by atoms with Crippen LogP contribution in [-0.2, 0) is 4.74 Å². The maximum atomic E-state index is 10.4. The van der Waals surface area contributed by atoms with Gasteiger partial charge in [0.2, 0.25) is 0 Å². The maximum absolute atomic E-state index is 10.4. The number of aromatic nitrogens is 5. The second-order valence-corrected chi connectivity index (χ2v) is 10.1. The molecule has 10 nitrogen and oxygen atoms in total. The summed E-state index contributed by atoms with van der Waals surface area (Å²) in [4.78, 5) is 17.8. The standard InChI is InChI=1S/C22H24N6O4S2/c1-12(8-33-22-27-14(9-34-22)13-5-3-2-4-6-13)26-19-16-20(24-10-23-19)28(11-25-16)21-18(31)17(30)15(7-29)32-21/h2-6,9-12,15,17-18,21,29-31H,7-8H2,1H3,(H,23,24,26)/t12-,15-,17?,18?,21-/m1/s1. The first-order valence-electron chi connectivity index (χ1n) is 10.8. The van der Waals surface area contributed by atoms with Gasteiger partial charge in [0.25, 0.3) is 0 Å². The van der Waals surface area contributed by atoms with Crippen molar-refractivity contribution in [2.24, 2.45) is 0 Å². The Morgan fingerprint density at radius 2 is 2.00 bits per heavy atom. The third-order valence-electron chi connectivity index (χ3n) is 5.54. The number of benzene rings is 1. The number of thiazole rings is 1. The minimum atomic E-state index is -1.21. The molecule has 0 amide bonds. The monoisotopic (exact) mass is 500 g/mol. The van der Waals surface area contributed by atoms with Gasteiger partial charge in [0.05, 0.1) is 18.6 Å². The summed E-state index contributed by atoms with van der Waals surface area (Å²) in [7, 11) is 0. The molecule has 5 atom stereocenters. The Kier molecular flexibility index (Phi) is 6.77. The fraction of sp³-hybridized carbons (Fsp3) is 0.364. The first kappa shape index (κ1) is 23.1. The number of nitrogens with zero attached hydrogens (tertiary/aromatic N) is 5. The Morgan fingerprint density at radius 1 is 1.18 bits per heavy atom. The van der Waals surface area contributed by atoms with E-state index in [1.807, 2.05) is 30.3 Å². The molecule has 5 rings (SSSR count). The van der Waals surface area contributed by atoms with Gasteiger partial charge in [-0.25, -0.2) is 19.9 Å². The Labute approximate surface area is 203 Å². The summed E-state index contributed by atoms with van der Waals surface area (Å²) in [5.74, 6) is 1.33. The van der Waals surface area contributed by atoms with Gasteiger partial charge in [0.1, 0.15) is 24.6 Å². The SMILES string of the molecule is C[C@H](CSc1nc(-c2ccccc2)cs1)Nc1ncnc2c1ncn2[C@@H]1O[C@H](CO)C(O)C1O. The molecular weight excluding hydrogens is 476 g/mol. The number of thioether (sulfide) groups is 1. The van der Waals surface area contributed by atoms with Gasteiger partial charge in [-0.2, -0.15) is 0 Å². The largest absolute Gasteiger partial charge is 0.394 e. The fourth-order valence-electron chi connectivity index (χ4n) is 3.79. The summed E-state index contributed by atoms with van der Waals surface area (Å²) in [5, 5.41) is 35.2. The van der Waals surface area contributed by atoms with Crippen LogP contribution in [0.5, 0.6) is 0 Å². The Morgan fingerprint density at radius 3 is 2.76 bits per heavy atom. The van der Waals surface area contributed by atoms with E-state index < -0.39 is 31.1 Å². The van der Waals surface area contributed by atoms with E-state index in [1.54, 1.807) is 27.7 Å². The highest BCUT2D eigenvalue weighted by Gasteiger charge is 2.44. The highest BCUT2D eigenvalue weighted by Crippen LogP contribution is 2.33. The summed E-state index contributed by atoms with van der Waals surface area (Å²) in [5.41, 5.74) is 3.06. The van der Waals surface area contributed by atoms with E-state index in [-0.39, 0.29) is 6.04 Å². The molecule has 1 fully saturated rings. The first-order chi connectivity index (χ1) is 16.5. The Bertz CT molecular complexity index is 1250. The van der Waals surface area contributed by atoms with Gasteiger partial charge in [-0.15, -0.1) is 11.3 Å². The molecule has 0 bridgehead atoms. The fourth-order valence-corrected chi connectivity index (χ4v) is 5.60. The first-order valence-corrected chi connectivity index (χ1v) is 12.6. The van der Waals surface area contributed by atoms with E-state index in [0.717, 1.165) is 21.3 Å². The number of hydrogen-bond donors (Lipinski definition) is 4. The van der Waals surface area contributed by atoms with Crippen molar-refractivity contribution in [3.8, 4) is 11.3 Å². The summed E-state index contributed by atoms with van der Waals surface area (Å²) in [6.45, 7) is 1.65. The van der Waals surface area contributed by atoms with Gasteiger partial charge in [-0.05, 0) is 6.92 Å². The maximum Gasteiger partial charge on any atom is 0.167 e. The van der Waals surface area contributed by atoms with Crippen LogP contribution >= 0.6 is 23.1 Å². The number of fused-ring (bicyclic) bond motifs is 1. The van der Waals surface area contributed by atoms with Gasteiger partial charge in [0, 0.05) is 22.7 Å². The van der Waals surface area contributed by atoms with Crippen LogP contribution in [0.3, 0.4) is 0 Å². The van der Waals surface area contributed by atoms with Crippen molar-refractivity contribution in [2.45, 2.75) is 41.8 Å². The predicted molar refractivity (Wildman–Crippen MR) is 130 cm³/mol. The molecule has 178 valence electrons. The lowest BCUT2D eigenvalue weighted by Crippen LogP contribution is -2.33. The molecule has 1 aliphatic heterocycles. The minimum absolute atomic E-state index is 0.0613. The molecule has 2 unspecified atom stereocenters. The average Bonchev–Trinajstić information content (AvgIpc) is 3.57. The van der Waals surface area contributed by atoms with Crippen molar-refractivity contribution in [3.05, 3.63) is 48.4 Å². The van der Waals surface area contributed by atoms with Crippen LogP contribution in [0.2, 0.25) is 0 Å². The number of aliphatic hydroxyl groups is 3. The van der Waals surface area contributed by atoms with E-state index in [0.29, 0.717) is 17.0 Å². The smallest absolute Gasteiger partial charge is 0.167 e. The van der Waals surface area contributed by atoms with Gasteiger partial charge in [-0.1, -0.05) is 42.1 Å². The number of nitrogens with one attached hydrogen (secondary N) is 1. The summed E-state index contributed by atoms with van der Waals surface area (Å²) in [6.07, 6.45) is -1.28. The molecule has 1 saturated heterocycles. The third-order valence-corrected chi connectivity index (χ3v) is 7.82. The van der Waals surface area contributed by atoms with E-state index >= 15 is 0 Å². The molecule has 3 aromatic heterocycles. The molecule has 0 spiro atoms. The van der Waals surface area contributed by atoms with E-state index in [9.17, 15) is 15.3 Å². The van der Waals surface area contributed by atoms with E-state index in [4.69, 9.17) is 9.72 Å². The molecule has 0 saturated carbocycles.